The Morgan fingerprint density at radius 1 is 1.25 bits per heavy atom. The van der Waals surface area contributed by atoms with Gasteiger partial charge in [-0.3, -0.25) is 4.79 Å². The molecule has 1 atom stereocenters. The van der Waals surface area contributed by atoms with Crippen LogP contribution in [0, 0.1) is 12.8 Å². The van der Waals surface area contributed by atoms with E-state index in [-0.39, 0.29) is 18.5 Å². The summed E-state index contributed by atoms with van der Waals surface area (Å²) in [6.07, 6.45) is -3.95. The quantitative estimate of drug-likeness (QED) is 0.529. The van der Waals surface area contributed by atoms with E-state index >= 15 is 0 Å². The first-order chi connectivity index (χ1) is 14.9. The molecule has 3 aromatic rings. The van der Waals surface area contributed by atoms with Crippen molar-refractivity contribution in [2.45, 2.75) is 39.6 Å². The SMILES string of the molecule is Cc1cc2[nH]c([C@H](Nc3ncc(C(=O)N(C)C)c(C(F)(F)F)n3)C(C)C)nc2cc1CO. The number of aromatic amines is 1. The number of carbonyl (C=O) groups is 1. The average molecular weight is 450 g/mol. The van der Waals surface area contributed by atoms with Crippen molar-refractivity contribution in [3.8, 4) is 0 Å². The fourth-order valence-corrected chi connectivity index (χ4v) is 3.30. The van der Waals surface area contributed by atoms with Crippen LogP contribution >= 0.6 is 0 Å². The highest BCUT2D eigenvalue weighted by molar-refractivity contribution is 5.95. The number of anilines is 1. The number of nitrogens with one attached hydrogen (secondary N) is 2. The number of imidazole rings is 1. The topological polar surface area (TPSA) is 107 Å². The van der Waals surface area contributed by atoms with Crippen molar-refractivity contribution in [1.82, 2.24) is 24.8 Å². The number of alkyl halides is 3. The van der Waals surface area contributed by atoms with E-state index in [4.69, 9.17) is 0 Å². The Bertz CT molecular complexity index is 1140. The van der Waals surface area contributed by atoms with Crippen LogP contribution in [0.15, 0.2) is 18.3 Å². The van der Waals surface area contributed by atoms with Crippen molar-refractivity contribution >= 4 is 22.9 Å². The number of carbonyl (C=O) groups excluding carboxylic acids is 1. The predicted molar refractivity (Wildman–Crippen MR) is 113 cm³/mol. The zero-order valence-electron chi connectivity index (χ0n) is 18.4. The summed E-state index contributed by atoms with van der Waals surface area (Å²) >= 11 is 0. The van der Waals surface area contributed by atoms with Crippen molar-refractivity contribution in [2.24, 2.45) is 5.92 Å². The summed E-state index contributed by atoms with van der Waals surface area (Å²) in [7, 11) is 2.71. The molecule has 0 aliphatic rings. The third-order valence-corrected chi connectivity index (χ3v) is 5.07. The number of hydrogen-bond donors (Lipinski definition) is 3. The second-order valence-corrected chi connectivity index (χ2v) is 8.10. The molecule has 1 amide bonds. The molecule has 0 saturated carbocycles. The molecule has 32 heavy (non-hydrogen) atoms. The number of H-pyrrole nitrogens is 1. The number of nitrogens with zero attached hydrogens (tertiary/aromatic N) is 4. The van der Waals surface area contributed by atoms with Crippen LogP contribution in [0.5, 0.6) is 0 Å². The molecule has 2 heterocycles. The van der Waals surface area contributed by atoms with Gasteiger partial charge in [0, 0.05) is 20.3 Å². The molecule has 0 fully saturated rings. The van der Waals surface area contributed by atoms with Crippen LogP contribution in [0.25, 0.3) is 11.0 Å². The van der Waals surface area contributed by atoms with E-state index < -0.39 is 29.4 Å². The molecule has 0 unspecified atom stereocenters. The van der Waals surface area contributed by atoms with E-state index in [1.54, 1.807) is 6.07 Å². The molecule has 1 aromatic carbocycles. The molecule has 0 aliphatic heterocycles. The van der Waals surface area contributed by atoms with Gasteiger partial charge in [0.1, 0.15) is 5.82 Å². The van der Waals surface area contributed by atoms with Gasteiger partial charge in [0.25, 0.3) is 5.91 Å². The number of halogens is 3. The molecule has 172 valence electrons. The number of hydrogen-bond acceptors (Lipinski definition) is 6. The van der Waals surface area contributed by atoms with Gasteiger partial charge >= 0.3 is 6.18 Å². The summed E-state index contributed by atoms with van der Waals surface area (Å²) in [5.41, 5.74) is 1.08. The Balaban J connectivity index is 2.01. The lowest BCUT2D eigenvalue weighted by atomic mass is 10.0. The largest absolute Gasteiger partial charge is 0.434 e. The van der Waals surface area contributed by atoms with Crippen molar-refractivity contribution in [3.63, 3.8) is 0 Å². The van der Waals surface area contributed by atoms with Gasteiger partial charge < -0.3 is 20.3 Å². The first kappa shape index (κ1) is 23.5. The maximum Gasteiger partial charge on any atom is 0.434 e. The monoisotopic (exact) mass is 450 g/mol. The van der Waals surface area contributed by atoms with E-state index in [1.807, 2.05) is 26.8 Å². The van der Waals surface area contributed by atoms with Gasteiger partial charge in [-0.15, -0.1) is 0 Å². The number of rotatable bonds is 6. The van der Waals surface area contributed by atoms with Gasteiger partial charge in [-0.2, -0.15) is 13.2 Å². The fraction of sp³-hybridized carbons (Fsp3) is 0.429. The molecule has 11 heteroatoms. The maximum atomic E-state index is 13.6. The van der Waals surface area contributed by atoms with E-state index in [0.29, 0.717) is 11.3 Å². The molecule has 0 saturated heterocycles. The van der Waals surface area contributed by atoms with Crippen molar-refractivity contribution in [1.29, 1.82) is 0 Å². The number of benzene rings is 1. The van der Waals surface area contributed by atoms with Crippen LogP contribution in [0.2, 0.25) is 0 Å². The Morgan fingerprint density at radius 2 is 1.94 bits per heavy atom. The van der Waals surface area contributed by atoms with Crippen LogP contribution in [0.3, 0.4) is 0 Å². The zero-order valence-corrected chi connectivity index (χ0v) is 18.4. The molecular weight excluding hydrogens is 425 g/mol. The number of aromatic nitrogens is 4. The molecule has 0 bridgehead atoms. The lowest BCUT2D eigenvalue weighted by Gasteiger charge is -2.21. The summed E-state index contributed by atoms with van der Waals surface area (Å²) in [5, 5.41) is 12.4. The second-order valence-electron chi connectivity index (χ2n) is 8.10. The maximum absolute atomic E-state index is 13.6. The molecule has 3 N–H and O–H groups in total. The molecule has 8 nitrogen and oxygen atoms in total. The van der Waals surface area contributed by atoms with E-state index in [2.05, 4.69) is 25.3 Å². The normalized spacial score (nSPS) is 12.9. The van der Waals surface area contributed by atoms with E-state index in [9.17, 15) is 23.1 Å². The Morgan fingerprint density at radius 3 is 2.50 bits per heavy atom. The highest BCUT2D eigenvalue weighted by Crippen LogP contribution is 2.32. The summed E-state index contributed by atoms with van der Waals surface area (Å²) in [6, 6.07) is 3.09. The summed E-state index contributed by atoms with van der Waals surface area (Å²) in [6.45, 7) is 5.50. The van der Waals surface area contributed by atoms with Gasteiger partial charge in [-0.05, 0) is 36.1 Å². The first-order valence-corrected chi connectivity index (χ1v) is 9.94. The van der Waals surface area contributed by atoms with Crippen LogP contribution in [0.1, 0.15) is 52.9 Å². The molecule has 0 aliphatic carbocycles. The van der Waals surface area contributed by atoms with E-state index in [0.717, 1.165) is 27.7 Å². The molecule has 0 spiro atoms. The highest BCUT2D eigenvalue weighted by atomic mass is 19.4. The lowest BCUT2D eigenvalue weighted by Crippen LogP contribution is -2.27. The fourth-order valence-electron chi connectivity index (χ4n) is 3.30. The number of aliphatic hydroxyl groups excluding tert-OH is 1. The van der Waals surface area contributed by atoms with Crippen LogP contribution in [-0.2, 0) is 12.8 Å². The van der Waals surface area contributed by atoms with Gasteiger partial charge in [0.15, 0.2) is 5.69 Å². The Hall–Kier alpha value is -3.21. The van der Waals surface area contributed by atoms with Gasteiger partial charge in [-0.25, -0.2) is 15.0 Å². The van der Waals surface area contributed by atoms with Gasteiger partial charge in [0.2, 0.25) is 5.95 Å². The first-order valence-electron chi connectivity index (χ1n) is 9.94. The molecular formula is C21H25F3N6O2. The van der Waals surface area contributed by atoms with Crippen molar-refractivity contribution < 1.29 is 23.1 Å². The second kappa shape index (κ2) is 8.73. The van der Waals surface area contributed by atoms with Crippen molar-refractivity contribution in [3.05, 3.63) is 46.5 Å². The van der Waals surface area contributed by atoms with E-state index in [1.165, 1.54) is 14.1 Å². The average Bonchev–Trinajstić information content (AvgIpc) is 3.11. The minimum atomic E-state index is -4.83. The third-order valence-electron chi connectivity index (χ3n) is 5.07. The standard InChI is InChI=1S/C21H25F3N6O2/c1-10(2)16(18-26-14-6-11(3)12(9-31)7-15(14)27-18)28-20-25-8-13(19(32)30(4)5)17(29-20)21(22,23)24/h6-8,10,16,31H,9H2,1-5H3,(H,26,27)(H,25,28,29)/t16-/m1/s1. The molecule has 2 aromatic heterocycles. The zero-order chi connectivity index (χ0) is 23.8. The molecule has 3 rings (SSSR count). The minimum absolute atomic E-state index is 0.0880. The Kier molecular flexibility index (Phi) is 6.40. The predicted octanol–water partition coefficient (Wildman–Crippen LogP) is 3.68. The Labute approximate surface area is 182 Å². The van der Waals surface area contributed by atoms with Gasteiger partial charge in [0.05, 0.1) is 29.2 Å². The number of amides is 1. The molecule has 0 radical (unpaired) electrons. The van der Waals surface area contributed by atoms with Crippen molar-refractivity contribution in [2.75, 3.05) is 19.4 Å². The summed E-state index contributed by atoms with van der Waals surface area (Å²) < 4.78 is 40.8. The lowest BCUT2D eigenvalue weighted by molar-refractivity contribution is -0.141. The van der Waals surface area contributed by atoms with Crippen LogP contribution in [-0.4, -0.2) is 49.9 Å². The smallest absolute Gasteiger partial charge is 0.392 e. The highest BCUT2D eigenvalue weighted by Gasteiger charge is 2.38. The van der Waals surface area contributed by atoms with Gasteiger partial charge in [-0.1, -0.05) is 13.8 Å². The number of aliphatic hydroxyl groups is 1. The van der Waals surface area contributed by atoms with Crippen LogP contribution < -0.4 is 5.32 Å². The number of aryl methyl sites for hydroxylation is 1. The van der Waals surface area contributed by atoms with Crippen LogP contribution in [0.4, 0.5) is 19.1 Å². The summed E-state index contributed by atoms with van der Waals surface area (Å²) in [5.74, 6) is -0.694. The summed E-state index contributed by atoms with van der Waals surface area (Å²) in [4.78, 5) is 28.5. The number of fused-ring (bicyclic) bond motifs is 1. The third kappa shape index (κ3) is 4.67. The minimum Gasteiger partial charge on any atom is -0.392 e.